The summed E-state index contributed by atoms with van der Waals surface area (Å²) in [5, 5.41) is 0. The van der Waals surface area contributed by atoms with Gasteiger partial charge in [-0.1, -0.05) is 60.7 Å². The Morgan fingerprint density at radius 1 is 0.414 bits per heavy atom. The van der Waals surface area contributed by atoms with Crippen molar-refractivity contribution in [2.24, 2.45) is 0 Å². The molecule has 7 aromatic carbocycles. The van der Waals surface area contributed by atoms with Crippen molar-refractivity contribution in [3.63, 3.8) is 0 Å². The van der Waals surface area contributed by atoms with Gasteiger partial charge in [-0.2, -0.15) is 0 Å². The molecule has 0 N–H and O–H groups in total. The van der Waals surface area contributed by atoms with Crippen LogP contribution in [0, 0.1) is 59.7 Å². The van der Waals surface area contributed by atoms with E-state index in [2.05, 4.69) is 146 Å². The maximum absolute atomic E-state index is 6.47. The SMILES string of the molecule is Cc1cccc(C)c1-n1ccnc1-c1[c-]c(OCc2cc(COc3c[c-]c(-c4nccn4-c4c(C)cccc4C)cc3)cc(COc3c[c-]c(-c4nccn4-c4c(C)cccc4C)cc3)c2)ccc1.[Ir+3]. The van der Waals surface area contributed by atoms with Crippen molar-refractivity contribution in [2.45, 2.75) is 61.4 Å². The molecule has 10 aromatic rings. The summed E-state index contributed by atoms with van der Waals surface area (Å²) in [7, 11) is 0. The van der Waals surface area contributed by atoms with Gasteiger partial charge in [0, 0.05) is 71.5 Å². The predicted molar refractivity (Wildman–Crippen MR) is 271 cm³/mol. The van der Waals surface area contributed by atoms with Crippen LogP contribution in [0.25, 0.3) is 51.2 Å². The van der Waals surface area contributed by atoms with Crippen LogP contribution in [-0.2, 0) is 39.9 Å². The average molecular weight is 1100 g/mol. The predicted octanol–water partition coefficient (Wildman–Crippen LogP) is 13.2. The first-order valence-corrected chi connectivity index (χ1v) is 23.0. The van der Waals surface area contributed by atoms with Crippen LogP contribution in [0.1, 0.15) is 50.1 Å². The number of para-hydroxylation sites is 3. The van der Waals surface area contributed by atoms with Crippen molar-refractivity contribution in [1.82, 2.24) is 28.7 Å². The number of aryl methyl sites for hydroxylation is 6. The van der Waals surface area contributed by atoms with E-state index in [4.69, 9.17) is 29.2 Å². The van der Waals surface area contributed by atoms with E-state index in [0.29, 0.717) is 37.1 Å². The summed E-state index contributed by atoms with van der Waals surface area (Å²) in [6.45, 7) is 13.7. The van der Waals surface area contributed by atoms with Gasteiger partial charge in [-0.15, -0.1) is 83.4 Å². The number of imidazole rings is 3. The molecule has 0 fully saturated rings. The minimum Gasteiger partial charge on any atom is -0.532 e. The van der Waals surface area contributed by atoms with Crippen molar-refractivity contribution in [3.05, 3.63) is 233 Å². The van der Waals surface area contributed by atoms with E-state index in [-0.39, 0.29) is 20.1 Å². The molecule has 0 atom stereocenters. The molecule has 0 aliphatic heterocycles. The monoisotopic (exact) mass is 1100 g/mol. The van der Waals surface area contributed by atoms with Crippen molar-refractivity contribution < 1.29 is 34.3 Å². The fourth-order valence-corrected chi connectivity index (χ4v) is 9.13. The van der Waals surface area contributed by atoms with Crippen LogP contribution in [0.4, 0.5) is 0 Å². The van der Waals surface area contributed by atoms with Gasteiger partial charge < -0.3 is 27.9 Å². The van der Waals surface area contributed by atoms with Gasteiger partial charge in [0.1, 0.15) is 19.8 Å². The molecule has 0 spiro atoms. The van der Waals surface area contributed by atoms with E-state index < -0.39 is 0 Å². The van der Waals surface area contributed by atoms with E-state index >= 15 is 0 Å². The van der Waals surface area contributed by atoms with Gasteiger partial charge in [-0.3, -0.25) is 15.0 Å². The Kier molecular flexibility index (Phi) is 14.1. The fraction of sp³-hybridized carbons (Fsp3) is 0.150. The Balaban J connectivity index is 0.00000608. The smallest absolute Gasteiger partial charge is 0.532 e. The van der Waals surface area contributed by atoms with Gasteiger partial charge in [0.25, 0.3) is 0 Å². The Morgan fingerprint density at radius 3 is 1.14 bits per heavy atom. The van der Waals surface area contributed by atoms with E-state index in [1.54, 1.807) is 0 Å². The zero-order valence-corrected chi connectivity index (χ0v) is 42.3. The van der Waals surface area contributed by atoms with E-state index in [1.165, 1.54) is 33.4 Å². The minimum absolute atomic E-state index is 0. The van der Waals surface area contributed by atoms with Crippen molar-refractivity contribution >= 4 is 0 Å². The molecule has 0 bridgehead atoms. The Labute approximate surface area is 423 Å². The summed E-state index contributed by atoms with van der Waals surface area (Å²) in [6, 6.07) is 53.2. The maximum Gasteiger partial charge on any atom is 3.00 e. The molecule has 3 aromatic heterocycles. The summed E-state index contributed by atoms with van der Waals surface area (Å²) < 4.78 is 25.7. The molecule has 9 nitrogen and oxygen atoms in total. The summed E-state index contributed by atoms with van der Waals surface area (Å²) >= 11 is 0. The number of hydrogen-bond acceptors (Lipinski definition) is 6. The third kappa shape index (κ3) is 10.0. The van der Waals surface area contributed by atoms with E-state index in [0.717, 1.165) is 67.9 Å². The van der Waals surface area contributed by atoms with Gasteiger partial charge in [0.15, 0.2) is 0 Å². The topological polar surface area (TPSA) is 81.2 Å². The van der Waals surface area contributed by atoms with Crippen molar-refractivity contribution in [1.29, 1.82) is 0 Å². The normalized spacial score (nSPS) is 11.1. The summed E-state index contributed by atoms with van der Waals surface area (Å²) in [5.41, 5.74) is 15.9. The van der Waals surface area contributed by atoms with Gasteiger partial charge in [0.05, 0.1) is 17.5 Å². The molecule has 0 saturated carbocycles. The van der Waals surface area contributed by atoms with Crippen LogP contribution in [0.15, 0.2) is 165 Å². The van der Waals surface area contributed by atoms with E-state index in [9.17, 15) is 0 Å². The van der Waals surface area contributed by atoms with Gasteiger partial charge >= 0.3 is 20.1 Å². The van der Waals surface area contributed by atoms with Crippen LogP contribution in [-0.4, -0.2) is 28.7 Å². The largest absolute Gasteiger partial charge is 3.00 e. The van der Waals surface area contributed by atoms with Crippen LogP contribution < -0.4 is 14.2 Å². The average Bonchev–Trinajstić information content (AvgIpc) is 4.16. The van der Waals surface area contributed by atoms with Gasteiger partial charge in [-0.25, -0.2) is 0 Å². The number of rotatable bonds is 15. The molecule has 70 heavy (non-hydrogen) atoms. The minimum atomic E-state index is 0. The second-order valence-corrected chi connectivity index (χ2v) is 17.4. The second kappa shape index (κ2) is 20.8. The number of hydrogen-bond donors (Lipinski definition) is 0. The zero-order chi connectivity index (χ0) is 47.4. The molecule has 348 valence electrons. The molecule has 0 radical (unpaired) electrons. The summed E-state index contributed by atoms with van der Waals surface area (Å²) in [4.78, 5) is 14.1. The van der Waals surface area contributed by atoms with Gasteiger partial charge in [0.2, 0.25) is 0 Å². The molecule has 0 amide bonds. The standard InChI is InChI=1S/C60H51N6O3.Ir/c1-40-11-7-12-41(2)55(40)64-30-27-61-58(64)49-19-23-52(24-20-49)67-37-46-33-47(38-68-53-25-21-50(22-26-53)59-62-28-31-65(59)56-42(3)13-8-14-43(56)4)35-48(34-46)39-69-54-18-10-17-51(36-54)60-63-29-32-66(60)57-44(5)15-9-16-45(57)6;/h7-19,21,23-35H,37-39H2,1-6H3;/q-3;+3. The Hall–Kier alpha value is -7.78. The molecular formula is C60H51IrN6O3. The number of nitrogens with zero attached hydrogens (tertiary/aromatic N) is 6. The summed E-state index contributed by atoms with van der Waals surface area (Å²) in [5.74, 6) is 4.45. The fourth-order valence-electron chi connectivity index (χ4n) is 9.13. The maximum atomic E-state index is 6.47. The second-order valence-electron chi connectivity index (χ2n) is 17.4. The molecule has 3 heterocycles. The molecule has 0 saturated heterocycles. The first-order valence-electron chi connectivity index (χ1n) is 23.0. The number of benzene rings is 7. The first kappa shape index (κ1) is 47.3. The Morgan fingerprint density at radius 2 is 0.771 bits per heavy atom. The van der Waals surface area contributed by atoms with Crippen molar-refractivity contribution in [2.75, 3.05) is 0 Å². The third-order valence-corrected chi connectivity index (χ3v) is 12.3. The van der Waals surface area contributed by atoms with E-state index in [1.807, 2.05) is 91.8 Å². The molecule has 0 aliphatic rings. The first-order chi connectivity index (χ1) is 33.7. The van der Waals surface area contributed by atoms with Crippen LogP contribution in [0.5, 0.6) is 17.2 Å². The van der Waals surface area contributed by atoms with Gasteiger partial charge in [-0.05, 0) is 110 Å². The molecule has 0 aliphatic carbocycles. The van der Waals surface area contributed by atoms with Crippen molar-refractivity contribution in [3.8, 4) is 68.5 Å². The molecular weight excluding hydrogens is 1040 g/mol. The Bertz CT molecular complexity index is 3210. The number of aromatic nitrogens is 6. The zero-order valence-electron chi connectivity index (χ0n) is 40.0. The van der Waals surface area contributed by atoms with Crippen LogP contribution in [0.2, 0.25) is 0 Å². The quantitative estimate of drug-likeness (QED) is 0.0952. The molecule has 10 heteroatoms. The van der Waals surface area contributed by atoms with Crippen LogP contribution >= 0.6 is 0 Å². The third-order valence-electron chi connectivity index (χ3n) is 12.3. The van der Waals surface area contributed by atoms with Crippen LogP contribution in [0.3, 0.4) is 0 Å². The summed E-state index contributed by atoms with van der Waals surface area (Å²) in [6.07, 6.45) is 11.5. The number of ether oxygens (including phenoxy) is 3. The molecule has 0 unspecified atom stereocenters. The molecule has 10 rings (SSSR count).